The lowest BCUT2D eigenvalue weighted by molar-refractivity contribution is 0.0691. The molecule has 0 rings (SSSR count). The Morgan fingerprint density at radius 3 is 2.28 bits per heavy atom. The standard InChI is InChI=1S/C15H32O2Si/c1-8-9-10-11-12-14(16)13(2)17-18(6,7)15(3,4)5/h11-14,16H,8-10H2,1-7H3/t13?,14-/m0/s1. The molecule has 0 aliphatic heterocycles. The quantitative estimate of drug-likeness (QED) is 0.420. The van der Waals surface area contributed by atoms with Gasteiger partial charge in [-0.15, -0.1) is 0 Å². The van der Waals surface area contributed by atoms with E-state index in [2.05, 4.69) is 46.9 Å². The second-order valence-corrected chi connectivity index (χ2v) is 11.4. The van der Waals surface area contributed by atoms with Crippen molar-refractivity contribution in [3.63, 3.8) is 0 Å². The van der Waals surface area contributed by atoms with Crippen LogP contribution in [0.5, 0.6) is 0 Å². The summed E-state index contributed by atoms with van der Waals surface area (Å²) >= 11 is 0. The summed E-state index contributed by atoms with van der Waals surface area (Å²) in [6, 6.07) is 0. The first-order chi connectivity index (χ1) is 8.12. The van der Waals surface area contributed by atoms with Crippen LogP contribution in [0, 0.1) is 0 Å². The summed E-state index contributed by atoms with van der Waals surface area (Å²) in [5.74, 6) is 0. The van der Waals surface area contributed by atoms with Gasteiger partial charge >= 0.3 is 0 Å². The van der Waals surface area contributed by atoms with Crippen molar-refractivity contribution in [2.24, 2.45) is 0 Å². The van der Waals surface area contributed by atoms with Gasteiger partial charge in [0, 0.05) is 0 Å². The minimum absolute atomic E-state index is 0.122. The van der Waals surface area contributed by atoms with Crippen LogP contribution in [0.2, 0.25) is 18.1 Å². The lowest BCUT2D eigenvalue weighted by atomic mass is 10.2. The minimum atomic E-state index is -1.78. The zero-order chi connectivity index (χ0) is 14.4. The van der Waals surface area contributed by atoms with Gasteiger partial charge in [0.1, 0.15) is 0 Å². The molecule has 0 fully saturated rings. The first-order valence-electron chi connectivity index (χ1n) is 7.14. The maximum Gasteiger partial charge on any atom is 0.192 e. The molecule has 0 aliphatic rings. The van der Waals surface area contributed by atoms with Crippen LogP contribution in [-0.4, -0.2) is 25.6 Å². The average molecular weight is 273 g/mol. The summed E-state index contributed by atoms with van der Waals surface area (Å²) in [7, 11) is -1.78. The number of aliphatic hydroxyl groups excluding tert-OH is 1. The maximum atomic E-state index is 10.1. The lowest BCUT2D eigenvalue weighted by Gasteiger charge is -2.39. The molecule has 0 bridgehead atoms. The third-order valence-corrected chi connectivity index (χ3v) is 8.40. The molecule has 0 spiro atoms. The van der Waals surface area contributed by atoms with Gasteiger partial charge in [-0.25, -0.2) is 0 Å². The molecule has 0 aliphatic carbocycles. The highest BCUT2D eigenvalue weighted by molar-refractivity contribution is 6.74. The zero-order valence-electron chi connectivity index (χ0n) is 13.3. The molecule has 2 nitrogen and oxygen atoms in total. The van der Waals surface area contributed by atoms with Crippen molar-refractivity contribution in [2.45, 2.75) is 84.2 Å². The summed E-state index contributed by atoms with van der Waals surface area (Å²) in [5.41, 5.74) is 0. The van der Waals surface area contributed by atoms with Crippen LogP contribution in [0.15, 0.2) is 12.2 Å². The fraction of sp³-hybridized carbons (Fsp3) is 0.867. The minimum Gasteiger partial charge on any atom is -0.411 e. The predicted octanol–water partition coefficient (Wildman–Crippen LogP) is 4.50. The van der Waals surface area contributed by atoms with Crippen molar-refractivity contribution in [3.05, 3.63) is 12.2 Å². The number of hydrogen-bond acceptors (Lipinski definition) is 2. The number of allylic oxidation sites excluding steroid dienone is 1. The van der Waals surface area contributed by atoms with Gasteiger partial charge in [0.25, 0.3) is 0 Å². The first-order valence-corrected chi connectivity index (χ1v) is 10.0. The Hall–Kier alpha value is -0.123. The molecule has 2 atom stereocenters. The molecule has 3 heteroatoms. The molecule has 0 saturated heterocycles. The van der Waals surface area contributed by atoms with E-state index in [1.807, 2.05) is 13.0 Å². The highest BCUT2D eigenvalue weighted by Crippen LogP contribution is 2.37. The predicted molar refractivity (Wildman–Crippen MR) is 82.4 cm³/mol. The van der Waals surface area contributed by atoms with Gasteiger partial charge in [-0.3, -0.25) is 0 Å². The van der Waals surface area contributed by atoms with E-state index < -0.39 is 14.4 Å². The van der Waals surface area contributed by atoms with Gasteiger partial charge < -0.3 is 9.53 Å². The van der Waals surface area contributed by atoms with E-state index in [1.54, 1.807) is 0 Å². The summed E-state index contributed by atoms with van der Waals surface area (Å²) in [4.78, 5) is 0. The summed E-state index contributed by atoms with van der Waals surface area (Å²) < 4.78 is 6.16. The molecule has 0 amide bonds. The number of hydrogen-bond donors (Lipinski definition) is 1. The molecule has 0 heterocycles. The van der Waals surface area contributed by atoms with Gasteiger partial charge in [0.05, 0.1) is 12.2 Å². The van der Waals surface area contributed by atoms with Crippen LogP contribution in [0.3, 0.4) is 0 Å². The van der Waals surface area contributed by atoms with E-state index in [4.69, 9.17) is 4.43 Å². The Morgan fingerprint density at radius 2 is 1.83 bits per heavy atom. The fourth-order valence-corrected chi connectivity index (χ4v) is 2.85. The Bertz CT molecular complexity index is 254. The molecular formula is C15H32O2Si. The summed E-state index contributed by atoms with van der Waals surface area (Å²) in [5, 5.41) is 10.2. The van der Waals surface area contributed by atoms with Crippen LogP contribution >= 0.6 is 0 Å². The topological polar surface area (TPSA) is 29.5 Å². The molecule has 0 saturated carbocycles. The van der Waals surface area contributed by atoms with Crippen LogP contribution in [0.4, 0.5) is 0 Å². The average Bonchev–Trinajstić information content (AvgIpc) is 2.21. The number of rotatable bonds is 7. The van der Waals surface area contributed by atoms with E-state index in [0.717, 1.165) is 6.42 Å². The Kier molecular flexibility index (Phi) is 7.41. The molecule has 18 heavy (non-hydrogen) atoms. The second-order valence-electron chi connectivity index (χ2n) is 6.64. The third-order valence-electron chi connectivity index (χ3n) is 3.83. The van der Waals surface area contributed by atoms with Gasteiger partial charge in [0.2, 0.25) is 0 Å². The smallest absolute Gasteiger partial charge is 0.192 e. The highest BCUT2D eigenvalue weighted by Gasteiger charge is 2.39. The van der Waals surface area contributed by atoms with E-state index in [0.29, 0.717) is 0 Å². The van der Waals surface area contributed by atoms with Crippen molar-refractivity contribution in [1.82, 2.24) is 0 Å². The first kappa shape index (κ1) is 17.9. The largest absolute Gasteiger partial charge is 0.411 e. The van der Waals surface area contributed by atoms with Crippen LogP contribution in [-0.2, 0) is 4.43 Å². The van der Waals surface area contributed by atoms with Gasteiger partial charge in [-0.2, -0.15) is 0 Å². The second kappa shape index (κ2) is 7.46. The molecule has 0 radical (unpaired) electrons. The summed E-state index contributed by atoms with van der Waals surface area (Å²) in [6.45, 7) is 15.2. The highest BCUT2D eigenvalue weighted by atomic mass is 28.4. The Morgan fingerprint density at radius 1 is 1.28 bits per heavy atom. The van der Waals surface area contributed by atoms with E-state index in [1.165, 1.54) is 12.8 Å². The van der Waals surface area contributed by atoms with Crippen molar-refractivity contribution >= 4 is 8.32 Å². The summed E-state index contributed by atoms with van der Waals surface area (Å²) in [6.07, 6.45) is 6.75. The molecular weight excluding hydrogens is 240 g/mol. The molecule has 1 N–H and O–H groups in total. The zero-order valence-corrected chi connectivity index (χ0v) is 14.3. The number of unbranched alkanes of at least 4 members (excludes halogenated alkanes) is 2. The van der Waals surface area contributed by atoms with Crippen molar-refractivity contribution in [2.75, 3.05) is 0 Å². The van der Waals surface area contributed by atoms with E-state index >= 15 is 0 Å². The van der Waals surface area contributed by atoms with Crippen molar-refractivity contribution in [1.29, 1.82) is 0 Å². The van der Waals surface area contributed by atoms with Gasteiger partial charge in [-0.1, -0.05) is 52.7 Å². The van der Waals surface area contributed by atoms with Crippen molar-refractivity contribution < 1.29 is 9.53 Å². The SMILES string of the molecule is CCCCC=C[C@H](O)C(C)O[Si](C)(C)C(C)(C)C. The van der Waals surface area contributed by atoms with Crippen LogP contribution in [0.25, 0.3) is 0 Å². The molecule has 0 aromatic rings. The fourth-order valence-electron chi connectivity index (χ4n) is 1.43. The van der Waals surface area contributed by atoms with E-state index in [-0.39, 0.29) is 11.1 Å². The normalized spacial score (nSPS) is 17.1. The van der Waals surface area contributed by atoms with E-state index in [9.17, 15) is 5.11 Å². The Balaban J connectivity index is 4.31. The van der Waals surface area contributed by atoms with Gasteiger partial charge in [0.15, 0.2) is 8.32 Å². The van der Waals surface area contributed by atoms with Crippen LogP contribution in [0.1, 0.15) is 53.9 Å². The monoisotopic (exact) mass is 272 g/mol. The van der Waals surface area contributed by atoms with Crippen molar-refractivity contribution in [3.8, 4) is 0 Å². The maximum absolute atomic E-state index is 10.1. The number of aliphatic hydroxyl groups is 1. The molecule has 0 aromatic carbocycles. The molecule has 0 aromatic heterocycles. The van der Waals surface area contributed by atoms with Gasteiger partial charge in [-0.05, 0) is 31.5 Å². The lowest BCUT2D eigenvalue weighted by Crippen LogP contribution is -2.45. The molecule has 108 valence electrons. The Labute approximate surface area is 115 Å². The molecule has 1 unspecified atom stereocenters. The van der Waals surface area contributed by atoms with Crippen LogP contribution < -0.4 is 0 Å². The third kappa shape index (κ3) is 6.16.